The van der Waals surface area contributed by atoms with Crippen LogP contribution in [0.25, 0.3) is 0 Å². The molecule has 1 rings (SSSR count). The van der Waals surface area contributed by atoms with Crippen molar-refractivity contribution in [1.82, 2.24) is 9.80 Å². The Morgan fingerprint density at radius 1 is 1.42 bits per heavy atom. The summed E-state index contributed by atoms with van der Waals surface area (Å²) >= 11 is 0. The summed E-state index contributed by atoms with van der Waals surface area (Å²) in [6.45, 7) is 1.88. The van der Waals surface area contributed by atoms with Crippen molar-refractivity contribution in [2.24, 2.45) is 5.92 Å². The van der Waals surface area contributed by atoms with Crippen molar-refractivity contribution in [1.29, 1.82) is 0 Å². The van der Waals surface area contributed by atoms with Crippen molar-refractivity contribution in [3.63, 3.8) is 0 Å². The van der Waals surface area contributed by atoms with E-state index in [-0.39, 0.29) is 25.8 Å². The highest BCUT2D eigenvalue weighted by atomic mass is 16.5. The van der Waals surface area contributed by atoms with E-state index in [4.69, 9.17) is 14.9 Å². The van der Waals surface area contributed by atoms with Crippen LogP contribution in [-0.4, -0.2) is 78.5 Å². The van der Waals surface area contributed by atoms with E-state index >= 15 is 0 Å². The Hall–Kier alpha value is -1.34. The zero-order valence-electron chi connectivity index (χ0n) is 11.2. The van der Waals surface area contributed by atoms with E-state index in [1.165, 1.54) is 4.90 Å². The zero-order valence-corrected chi connectivity index (χ0v) is 11.2. The second-order valence-corrected chi connectivity index (χ2v) is 4.66. The molecular weight excluding hydrogens is 252 g/mol. The Bertz CT molecular complexity index is 310. The number of nitrogens with zero attached hydrogens (tertiary/aromatic N) is 2. The molecule has 2 N–H and O–H groups in total. The standard InChI is InChI=1S/C12H22N2O5/c1-13(5-7-19-8-6-15)12(18)14-4-2-3-10(9-14)11(16)17/h10,15H,2-9H2,1H3,(H,16,17)/t10-/m1/s1. The summed E-state index contributed by atoms with van der Waals surface area (Å²) in [4.78, 5) is 26.1. The second kappa shape index (κ2) is 7.96. The highest BCUT2D eigenvalue weighted by molar-refractivity contribution is 5.76. The molecule has 0 bridgehead atoms. The monoisotopic (exact) mass is 274 g/mol. The summed E-state index contributed by atoms with van der Waals surface area (Å²) in [6.07, 6.45) is 1.35. The molecule has 2 amide bonds. The maximum absolute atomic E-state index is 12.1. The minimum absolute atomic E-state index is 0.0376. The van der Waals surface area contributed by atoms with Crippen LogP contribution in [0.3, 0.4) is 0 Å². The van der Waals surface area contributed by atoms with E-state index in [0.717, 1.165) is 6.42 Å². The maximum atomic E-state index is 12.1. The van der Waals surface area contributed by atoms with Gasteiger partial charge in [0.2, 0.25) is 0 Å². The first kappa shape index (κ1) is 15.7. The van der Waals surface area contributed by atoms with Gasteiger partial charge < -0.3 is 24.7 Å². The maximum Gasteiger partial charge on any atom is 0.319 e. The summed E-state index contributed by atoms with van der Waals surface area (Å²) in [5, 5.41) is 17.5. The fourth-order valence-electron chi connectivity index (χ4n) is 2.06. The number of likely N-dealkylation sites (tertiary alicyclic amines) is 1. The van der Waals surface area contributed by atoms with Crippen molar-refractivity contribution < 1.29 is 24.5 Å². The molecule has 0 saturated carbocycles. The summed E-state index contributed by atoms with van der Waals surface area (Å²) in [6, 6.07) is -0.168. The Balaban J connectivity index is 2.36. The lowest BCUT2D eigenvalue weighted by molar-refractivity contribution is -0.143. The zero-order chi connectivity index (χ0) is 14.3. The number of rotatable bonds is 6. The molecule has 0 aliphatic carbocycles. The lowest BCUT2D eigenvalue weighted by Gasteiger charge is -2.33. The number of hydrogen-bond acceptors (Lipinski definition) is 4. The molecule has 19 heavy (non-hydrogen) atoms. The Kier molecular flexibility index (Phi) is 6.58. The van der Waals surface area contributed by atoms with Gasteiger partial charge in [0.1, 0.15) is 0 Å². The highest BCUT2D eigenvalue weighted by Crippen LogP contribution is 2.17. The lowest BCUT2D eigenvalue weighted by atomic mass is 9.99. The first-order chi connectivity index (χ1) is 9.06. The number of amides is 2. The average Bonchev–Trinajstić information content (AvgIpc) is 2.42. The summed E-state index contributed by atoms with van der Waals surface area (Å²) < 4.78 is 5.09. The van der Waals surface area contributed by atoms with Crippen molar-refractivity contribution >= 4 is 12.0 Å². The van der Waals surface area contributed by atoms with Crippen molar-refractivity contribution in [2.45, 2.75) is 12.8 Å². The summed E-state index contributed by atoms with van der Waals surface area (Å²) in [5.41, 5.74) is 0. The number of carboxylic acids is 1. The van der Waals surface area contributed by atoms with Crippen LogP contribution in [0.2, 0.25) is 0 Å². The minimum Gasteiger partial charge on any atom is -0.481 e. The first-order valence-corrected chi connectivity index (χ1v) is 6.47. The number of carbonyl (C=O) groups excluding carboxylic acids is 1. The van der Waals surface area contributed by atoms with E-state index in [0.29, 0.717) is 26.1 Å². The molecule has 0 unspecified atom stereocenters. The first-order valence-electron chi connectivity index (χ1n) is 6.47. The molecular formula is C12H22N2O5. The highest BCUT2D eigenvalue weighted by Gasteiger charge is 2.29. The Morgan fingerprint density at radius 3 is 2.79 bits per heavy atom. The predicted molar refractivity (Wildman–Crippen MR) is 67.9 cm³/mol. The van der Waals surface area contributed by atoms with Gasteiger partial charge >= 0.3 is 12.0 Å². The van der Waals surface area contributed by atoms with Crippen LogP contribution in [0.5, 0.6) is 0 Å². The molecule has 0 spiro atoms. The molecule has 0 radical (unpaired) electrons. The van der Waals surface area contributed by atoms with Gasteiger partial charge in [0.15, 0.2) is 0 Å². The Morgan fingerprint density at radius 2 is 2.16 bits per heavy atom. The molecule has 1 atom stereocenters. The normalized spacial score (nSPS) is 19.3. The van der Waals surface area contributed by atoms with Crippen molar-refractivity contribution in [2.75, 3.05) is 46.5 Å². The smallest absolute Gasteiger partial charge is 0.319 e. The van der Waals surface area contributed by atoms with Crippen LogP contribution >= 0.6 is 0 Å². The molecule has 0 aromatic rings. The van der Waals surface area contributed by atoms with Crippen LogP contribution in [0, 0.1) is 5.92 Å². The van der Waals surface area contributed by atoms with Crippen molar-refractivity contribution in [3.05, 3.63) is 0 Å². The summed E-state index contributed by atoms with van der Waals surface area (Å²) in [5.74, 6) is -1.30. The molecule has 1 saturated heterocycles. The van der Waals surface area contributed by atoms with Crippen LogP contribution in [0.1, 0.15) is 12.8 Å². The molecule has 1 heterocycles. The van der Waals surface area contributed by atoms with Crippen LogP contribution < -0.4 is 0 Å². The second-order valence-electron chi connectivity index (χ2n) is 4.66. The van der Waals surface area contributed by atoms with Crippen LogP contribution in [-0.2, 0) is 9.53 Å². The van der Waals surface area contributed by atoms with Crippen LogP contribution in [0.15, 0.2) is 0 Å². The van der Waals surface area contributed by atoms with Crippen LogP contribution in [0.4, 0.5) is 4.79 Å². The molecule has 7 nitrogen and oxygen atoms in total. The molecule has 1 aliphatic rings. The Labute approximate surface area is 112 Å². The van der Waals surface area contributed by atoms with E-state index in [1.54, 1.807) is 11.9 Å². The number of aliphatic carboxylic acids is 1. The van der Waals surface area contributed by atoms with Gasteiger partial charge in [-0.3, -0.25) is 4.79 Å². The quantitative estimate of drug-likeness (QED) is 0.657. The van der Waals surface area contributed by atoms with Gasteiger partial charge in [0.25, 0.3) is 0 Å². The number of hydrogen-bond donors (Lipinski definition) is 2. The number of urea groups is 1. The molecule has 7 heteroatoms. The van der Waals surface area contributed by atoms with Gasteiger partial charge in [0, 0.05) is 26.7 Å². The van der Waals surface area contributed by atoms with Crippen molar-refractivity contribution in [3.8, 4) is 0 Å². The topological polar surface area (TPSA) is 90.3 Å². The van der Waals surface area contributed by atoms with Gasteiger partial charge in [-0.15, -0.1) is 0 Å². The fraction of sp³-hybridized carbons (Fsp3) is 0.833. The largest absolute Gasteiger partial charge is 0.481 e. The van der Waals surface area contributed by atoms with E-state index in [2.05, 4.69) is 0 Å². The van der Waals surface area contributed by atoms with Gasteiger partial charge in [0.05, 0.1) is 25.7 Å². The van der Waals surface area contributed by atoms with Gasteiger partial charge in [-0.2, -0.15) is 0 Å². The van der Waals surface area contributed by atoms with Gasteiger partial charge in [-0.1, -0.05) is 0 Å². The number of likely N-dealkylation sites (N-methyl/N-ethyl adjacent to an activating group) is 1. The summed E-state index contributed by atoms with van der Waals surface area (Å²) in [7, 11) is 1.66. The van der Waals surface area contributed by atoms with Gasteiger partial charge in [-0.05, 0) is 12.8 Å². The third-order valence-corrected chi connectivity index (χ3v) is 3.17. The van der Waals surface area contributed by atoms with E-state index in [1.807, 2.05) is 0 Å². The molecule has 110 valence electrons. The lowest BCUT2D eigenvalue weighted by Crippen LogP contribution is -2.48. The molecule has 0 aromatic carbocycles. The number of piperidine rings is 1. The van der Waals surface area contributed by atoms with Gasteiger partial charge in [-0.25, -0.2) is 4.79 Å². The van der Waals surface area contributed by atoms with E-state index in [9.17, 15) is 9.59 Å². The predicted octanol–water partition coefficient (Wildman–Crippen LogP) is -0.156. The SMILES string of the molecule is CN(CCOCCO)C(=O)N1CCC[C@@H](C(=O)O)C1. The number of carbonyl (C=O) groups is 2. The third kappa shape index (κ3) is 5.04. The molecule has 0 aromatic heterocycles. The number of aliphatic hydroxyl groups is 1. The minimum atomic E-state index is -0.841. The number of aliphatic hydroxyl groups excluding tert-OH is 1. The third-order valence-electron chi connectivity index (χ3n) is 3.17. The van der Waals surface area contributed by atoms with E-state index < -0.39 is 11.9 Å². The number of ether oxygens (including phenoxy) is 1. The fourth-order valence-corrected chi connectivity index (χ4v) is 2.06. The average molecular weight is 274 g/mol. The molecule has 1 aliphatic heterocycles. The molecule has 1 fully saturated rings. The number of carboxylic acid groups (broad SMARTS) is 1.